The van der Waals surface area contributed by atoms with Crippen LogP contribution in [0.3, 0.4) is 0 Å². The van der Waals surface area contributed by atoms with E-state index in [1.807, 2.05) is 0 Å². The molecule has 0 aliphatic carbocycles. The number of benzene rings is 1. The summed E-state index contributed by atoms with van der Waals surface area (Å²) >= 11 is 0. The van der Waals surface area contributed by atoms with Gasteiger partial charge in [0, 0.05) is 23.6 Å². The number of hydrogen-bond acceptors (Lipinski definition) is 1. The number of aromatic nitrogens is 1. The number of aromatic amines is 1. The molecule has 1 aromatic carbocycles. The Morgan fingerprint density at radius 2 is 2.00 bits per heavy atom. The number of likely N-dealkylation sites (tertiary alicyclic amines) is 1. The highest BCUT2D eigenvalue weighted by atomic mass is 15.1. The molecule has 0 atom stereocenters. The number of hydrogen-bond donors (Lipinski definition) is 1. The van der Waals surface area contributed by atoms with Crippen LogP contribution in [0.5, 0.6) is 0 Å². The van der Waals surface area contributed by atoms with Gasteiger partial charge in [0.2, 0.25) is 0 Å². The first-order valence-corrected chi connectivity index (χ1v) is 6.62. The van der Waals surface area contributed by atoms with Crippen molar-refractivity contribution >= 4 is 10.9 Å². The van der Waals surface area contributed by atoms with E-state index in [1.54, 1.807) is 0 Å². The second kappa shape index (κ2) is 4.53. The molecule has 2 heterocycles. The van der Waals surface area contributed by atoms with Crippen LogP contribution in [-0.2, 0) is 6.54 Å². The van der Waals surface area contributed by atoms with Crippen molar-refractivity contribution in [3.05, 3.63) is 35.5 Å². The first kappa shape index (κ1) is 10.8. The van der Waals surface area contributed by atoms with Crippen LogP contribution in [0.25, 0.3) is 10.9 Å². The lowest BCUT2D eigenvalue weighted by molar-refractivity contribution is 0.221. The lowest BCUT2D eigenvalue weighted by Gasteiger charge is -2.26. The third-order valence-electron chi connectivity index (χ3n) is 3.81. The molecule has 1 N–H and O–H groups in total. The summed E-state index contributed by atoms with van der Waals surface area (Å²) in [6.07, 6.45) is 6.23. The van der Waals surface area contributed by atoms with E-state index in [-0.39, 0.29) is 0 Å². The number of aryl methyl sites for hydroxylation is 1. The lowest BCUT2D eigenvalue weighted by Crippen LogP contribution is -2.29. The average molecular weight is 228 g/mol. The van der Waals surface area contributed by atoms with Crippen LogP contribution >= 0.6 is 0 Å². The van der Waals surface area contributed by atoms with Crippen molar-refractivity contribution in [2.75, 3.05) is 13.1 Å². The fourth-order valence-corrected chi connectivity index (χ4v) is 2.78. The zero-order valence-electron chi connectivity index (χ0n) is 10.5. The minimum Gasteiger partial charge on any atom is -0.361 e. The third kappa shape index (κ3) is 2.22. The number of nitrogens with zero attached hydrogens (tertiary/aromatic N) is 1. The van der Waals surface area contributed by atoms with Crippen LogP contribution in [0.15, 0.2) is 24.4 Å². The first-order chi connectivity index (χ1) is 8.33. The van der Waals surface area contributed by atoms with E-state index in [9.17, 15) is 0 Å². The van der Waals surface area contributed by atoms with Crippen LogP contribution in [-0.4, -0.2) is 23.0 Å². The third-order valence-corrected chi connectivity index (χ3v) is 3.81. The predicted octanol–water partition coefficient (Wildman–Crippen LogP) is 3.46. The molecule has 1 saturated heterocycles. The minimum absolute atomic E-state index is 1.11. The van der Waals surface area contributed by atoms with Crippen LogP contribution < -0.4 is 0 Å². The molecular weight excluding hydrogens is 208 g/mol. The normalized spacial score (nSPS) is 17.7. The molecule has 1 aliphatic heterocycles. The highest BCUT2D eigenvalue weighted by Crippen LogP contribution is 2.20. The standard InChI is InChI=1S/C15H20N2/c1-12-10-16-15-6-5-13(9-14(12)15)11-17-7-3-2-4-8-17/h5-6,9-10,16H,2-4,7-8,11H2,1H3. The molecule has 0 radical (unpaired) electrons. The van der Waals surface area contributed by atoms with E-state index in [4.69, 9.17) is 0 Å². The summed E-state index contributed by atoms with van der Waals surface area (Å²) in [7, 11) is 0. The maximum Gasteiger partial charge on any atom is 0.0456 e. The van der Waals surface area contributed by atoms with E-state index in [0.717, 1.165) is 6.54 Å². The van der Waals surface area contributed by atoms with Crippen molar-refractivity contribution in [2.24, 2.45) is 0 Å². The van der Waals surface area contributed by atoms with E-state index < -0.39 is 0 Å². The second-order valence-corrected chi connectivity index (χ2v) is 5.19. The van der Waals surface area contributed by atoms with E-state index >= 15 is 0 Å². The monoisotopic (exact) mass is 228 g/mol. The Hall–Kier alpha value is -1.28. The number of H-pyrrole nitrogens is 1. The Labute approximate surface area is 103 Å². The Morgan fingerprint density at radius 1 is 1.18 bits per heavy atom. The number of piperidine rings is 1. The van der Waals surface area contributed by atoms with Crippen molar-refractivity contribution in [3.63, 3.8) is 0 Å². The van der Waals surface area contributed by atoms with Crippen molar-refractivity contribution in [1.82, 2.24) is 9.88 Å². The van der Waals surface area contributed by atoms with Gasteiger partial charge in [0.1, 0.15) is 0 Å². The maximum absolute atomic E-state index is 3.31. The summed E-state index contributed by atoms with van der Waals surface area (Å²) < 4.78 is 0. The molecule has 1 aromatic heterocycles. The van der Waals surface area contributed by atoms with Gasteiger partial charge < -0.3 is 4.98 Å². The van der Waals surface area contributed by atoms with Crippen LogP contribution in [0.4, 0.5) is 0 Å². The maximum atomic E-state index is 3.31. The molecular formula is C15H20N2. The van der Waals surface area contributed by atoms with Crippen molar-refractivity contribution in [3.8, 4) is 0 Å². The van der Waals surface area contributed by atoms with Crippen LogP contribution in [0, 0.1) is 6.92 Å². The lowest BCUT2D eigenvalue weighted by atomic mass is 10.1. The van der Waals surface area contributed by atoms with Crippen molar-refractivity contribution < 1.29 is 0 Å². The van der Waals surface area contributed by atoms with Gasteiger partial charge in [0.15, 0.2) is 0 Å². The molecule has 90 valence electrons. The molecule has 0 bridgehead atoms. The zero-order chi connectivity index (χ0) is 11.7. The Kier molecular flexibility index (Phi) is 2.89. The van der Waals surface area contributed by atoms with Crippen LogP contribution in [0.2, 0.25) is 0 Å². The summed E-state index contributed by atoms with van der Waals surface area (Å²) in [5.41, 5.74) is 4.05. The predicted molar refractivity (Wildman–Crippen MR) is 72.2 cm³/mol. The van der Waals surface area contributed by atoms with E-state index in [1.165, 1.54) is 54.4 Å². The van der Waals surface area contributed by atoms with Crippen molar-refractivity contribution in [1.29, 1.82) is 0 Å². The molecule has 17 heavy (non-hydrogen) atoms. The van der Waals surface area contributed by atoms with Gasteiger partial charge in [-0.3, -0.25) is 4.90 Å². The van der Waals surface area contributed by atoms with Crippen LogP contribution in [0.1, 0.15) is 30.4 Å². The Morgan fingerprint density at radius 3 is 2.82 bits per heavy atom. The molecule has 1 aliphatic rings. The summed E-state index contributed by atoms with van der Waals surface area (Å²) in [4.78, 5) is 5.88. The van der Waals surface area contributed by atoms with E-state index in [0.29, 0.717) is 0 Å². The second-order valence-electron chi connectivity index (χ2n) is 5.19. The largest absolute Gasteiger partial charge is 0.361 e. The van der Waals surface area contributed by atoms with E-state index in [2.05, 4.69) is 41.2 Å². The molecule has 0 spiro atoms. The zero-order valence-corrected chi connectivity index (χ0v) is 10.5. The first-order valence-electron chi connectivity index (χ1n) is 6.62. The molecule has 3 rings (SSSR count). The molecule has 2 nitrogen and oxygen atoms in total. The van der Waals surface area contributed by atoms with Crippen molar-refractivity contribution in [2.45, 2.75) is 32.7 Å². The SMILES string of the molecule is Cc1c[nH]c2ccc(CN3CCCCC3)cc12. The Balaban J connectivity index is 1.82. The smallest absolute Gasteiger partial charge is 0.0456 e. The molecule has 0 unspecified atom stereocenters. The van der Waals surface area contributed by atoms with Gasteiger partial charge in [-0.05, 0) is 56.1 Å². The molecule has 1 fully saturated rings. The molecule has 2 aromatic rings. The van der Waals surface area contributed by atoms with Gasteiger partial charge in [-0.25, -0.2) is 0 Å². The van der Waals surface area contributed by atoms with Gasteiger partial charge in [0.25, 0.3) is 0 Å². The fraction of sp³-hybridized carbons (Fsp3) is 0.467. The highest BCUT2D eigenvalue weighted by molar-refractivity contribution is 5.83. The molecule has 0 saturated carbocycles. The van der Waals surface area contributed by atoms with Gasteiger partial charge in [0.05, 0.1) is 0 Å². The summed E-state index contributed by atoms with van der Waals surface area (Å²) in [6.45, 7) is 5.82. The fourth-order valence-electron chi connectivity index (χ4n) is 2.78. The summed E-state index contributed by atoms with van der Waals surface area (Å²) in [5.74, 6) is 0. The average Bonchev–Trinajstić information content (AvgIpc) is 2.73. The topological polar surface area (TPSA) is 19.0 Å². The number of nitrogens with one attached hydrogen (secondary N) is 1. The van der Waals surface area contributed by atoms with Gasteiger partial charge in [-0.15, -0.1) is 0 Å². The number of rotatable bonds is 2. The van der Waals surface area contributed by atoms with Gasteiger partial charge in [-0.1, -0.05) is 12.5 Å². The molecule has 2 heteroatoms. The quantitative estimate of drug-likeness (QED) is 0.834. The summed E-state index contributed by atoms with van der Waals surface area (Å²) in [6, 6.07) is 6.81. The summed E-state index contributed by atoms with van der Waals surface area (Å²) in [5, 5.41) is 1.37. The van der Waals surface area contributed by atoms with Gasteiger partial charge >= 0.3 is 0 Å². The highest BCUT2D eigenvalue weighted by Gasteiger charge is 2.10. The minimum atomic E-state index is 1.11. The molecule has 0 amide bonds. The number of fused-ring (bicyclic) bond motifs is 1. The van der Waals surface area contributed by atoms with Gasteiger partial charge in [-0.2, -0.15) is 0 Å². The Bertz CT molecular complexity index is 507.